The van der Waals surface area contributed by atoms with E-state index in [1.807, 2.05) is 4.90 Å². The normalized spacial score (nSPS) is 23.4. The van der Waals surface area contributed by atoms with Crippen LogP contribution in [0.5, 0.6) is 0 Å². The second-order valence-electron chi connectivity index (χ2n) is 4.88. The van der Waals surface area contributed by atoms with Gasteiger partial charge in [-0.15, -0.1) is 11.6 Å². The monoisotopic (exact) mass is 269 g/mol. The predicted octanol–water partition coefficient (Wildman–Crippen LogP) is 2.84. The Morgan fingerprint density at radius 3 is 2.72 bits per heavy atom. The largest absolute Gasteiger partial charge is 0.338 e. The third-order valence-corrected chi connectivity index (χ3v) is 3.95. The Balaban J connectivity index is 2.01. The quantitative estimate of drug-likeness (QED) is 0.773. The molecule has 18 heavy (non-hydrogen) atoms. The lowest BCUT2D eigenvalue weighted by atomic mass is 10.0. The molecule has 1 amide bonds. The van der Waals surface area contributed by atoms with Gasteiger partial charge in [0.2, 0.25) is 5.91 Å². The minimum atomic E-state index is -0.278. The van der Waals surface area contributed by atoms with E-state index in [0.29, 0.717) is 18.2 Å². The number of rotatable bonds is 3. The molecular formula is C14H17ClFNO. The molecule has 2 atom stereocenters. The zero-order valence-electron chi connectivity index (χ0n) is 10.4. The van der Waals surface area contributed by atoms with Gasteiger partial charge in [0, 0.05) is 18.5 Å². The molecule has 0 spiro atoms. The van der Waals surface area contributed by atoms with Crippen molar-refractivity contribution in [1.82, 2.24) is 4.90 Å². The van der Waals surface area contributed by atoms with Gasteiger partial charge in [0.05, 0.1) is 6.42 Å². The van der Waals surface area contributed by atoms with E-state index in [-0.39, 0.29) is 17.8 Å². The summed E-state index contributed by atoms with van der Waals surface area (Å²) < 4.78 is 12.8. The zero-order valence-corrected chi connectivity index (χ0v) is 11.2. The summed E-state index contributed by atoms with van der Waals surface area (Å²) in [7, 11) is 0. The van der Waals surface area contributed by atoms with Gasteiger partial charge in [-0.1, -0.05) is 19.1 Å². The van der Waals surface area contributed by atoms with Gasteiger partial charge in [-0.05, 0) is 30.0 Å². The number of halogens is 2. The molecule has 0 saturated carbocycles. The van der Waals surface area contributed by atoms with E-state index < -0.39 is 0 Å². The van der Waals surface area contributed by atoms with E-state index in [0.717, 1.165) is 18.5 Å². The van der Waals surface area contributed by atoms with Crippen LogP contribution in [0.3, 0.4) is 0 Å². The standard InChI is InChI=1S/C14H17ClFNO/c1-10-6-7-17(13(10)9-15)14(18)8-11-2-4-12(16)5-3-11/h2-5,10,13H,6-9H2,1H3. The summed E-state index contributed by atoms with van der Waals surface area (Å²) in [4.78, 5) is 14.1. The third-order valence-electron chi connectivity index (χ3n) is 3.63. The van der Waals surface area contributed by atoms with Crippen molar-refractivity contribution in [3.63, 3.8) is 0 Å². The van der Waals surface area contributed by atoms with E-state index in [1.54, 1.807) is 12.1 Å². The lowest BCUT2D eigenvalue weighted by Crippen LogP contribution is -2.39. The first-order chi connectivity index (χ1) is 8.61. The number of hydrogen-bond acceptors (Lipinski definition) is 1. The number of amides is 1. The Morgan fingerprint density at radius 1 is 1.44 bits per heavy atom. The van der Waals surface area contributed by atoms with Gasteiger partial charge in [-0.25, -0.2) is 4.39 Å². The van der Waals surface area contributed by atoms with E-state index in [2.05, 4.69) is 6.92 Å². The lowest BCUT2D eigenvalue weighted by molar-refractivity contribution is -0.131. The molecule has 0 radical (unpaired) electrons. The molecule has 1 aliphatic rings. The van der Waals surface area contributed by atoms with Crippen molar-refractivity contribution in [3.05, 3.63) is 35.6 Å². The van der Waals surface area contributed by atoms with Gasteiger partial charge in [-0.2, -0.15) is 0 Å². The van der Waals surface area contributed by atoms with Crippen molar-refractivity contribution < 1.29 is 9.18 Å². The van der Waals surface area contributed by atoms with Crippen LogP contribution in [0.4, 0.5) is 4.39 Å². The van der Waals surface area contributed by atoms with Crippen molar-refractivity contribution in [3.8, 4) is 0 Å². The van der Waals surface area contributed by atoms with Crippen LogP contribution in [0.2, 0.25) is 0 Å². The summed E-state index contributed by atoms with van der Waals surface area (Å²) in [5, 5.41) is 0. The molecule has 0 N–H and O–H groups in total. The van der Waals surface area contributed by atoms with Gasteiger partial charge in [0.25, 0.3) is 0 Å². The Kier molecular flexibility index (Phi) is 4.23. The molecule has 1 aromatic carbocycles. The van der Waals surface area contributed by atoms with Gasteiger partial charge in [-0.3, -0.25) is 4.79 Å². The summed E-state index contributed by atoms with van der Waals surface area (Å²) in [6, 6.07) is 6.22. The molecule has 1 heterocycles. The lowest BCUT2D eigenvalue weighted by Gasteiger charge is -2.25. The van der Waals surface area contributed by atoms with Gasteiger partial charge in [0.1, 0.15) is 5.82 Å². The van der Waals surface area contributed by atoms with Crippen LogP contribution in [0, 0.1) is 11.7 Å². The van der Waals surface area contributed by atoms with Gasteiger partial charge >= 0.3 is 0 Å². The Bertz CT molecular complexity index is 420. The molecule has 1 aliphatic heterocycles. The number of likely N-dealkylation sites (tertiary alicyclic amines) is 1. The van der Waals surface area contributed by atoms with Crippen LogP contribution < -0.4 is 0 Å². The minimum absolute atomic E-state index is 0.0802. The molecule has 2 unspecified atom stereocenters. The minimum Gasteiger partial charge on any atom is -0.338 e. The van der Waals surface area contributed by atoms with E-state index in [1.165, 1.54) is 12.1 Å². The highest BCUT2D eigenvalue weighted by molar-refractivity contribution is 6.18. The Hall–Kier alpha value is -1.09. The fraction of sp³-hybridized carbons (Fsp3) is 0.500. The van der Waals surface area contributed by atoms with Crippen molar-refractivity contribution >= 4 is 17.5 Å². The molecule has 0 aromatic heterocycles. The van der Waals surface area contributed by atoms with Crippen molar-refractivity contribution in [1.29, 1.82) is 0 Å². The summed E-state index contributed by atoms with van der Waals surface area (Å²) in [6.45, 7) is 2.90. The topological polar surface area (TPSA) is 20.3 Å². The smallest absolute Gasteiger partial charge is 0.227 e. The van der Waals surface area contributed by atoms with Crippen LogP contribution >= 0.6 is 11.6 Å². The summed E-state index contributed by atoms with van der Waals surface area (Å²) >= 11 is 5.92. The Labute approximate surface area is 112 Å². The van der Waals surface area contributed by atoms with Crippen LogP contribution in [0.25, 0.3) is 0 Å². The fourth-order valence-electron chi connectivity index (χ4n) is 2.43. The first kappa shape index (κ1) is 13.3. The van der Waals surface area contributed by atoms with Gasteiger partial charge in [0.15, 0.2) is 0 Å². The molecule has 1 fully saturated rings. The molecule has 4 heteroatoms. The first-order valence-corrected chi connectivity index (χ1v) is 6.75. The molecule has 1 aromatic rings. The molecule has 0 bridgehead atoms. The average molecular weight is 270 g/mol. The van der Waals surface area contributed by atoms with E-state index in [4.69, 9.17) is 11.6 Å². The van der Waals surface area contributed by atoms with Crippen LogP contribution in [-0.4, -0.2) is 29.3 Å². The number of benzene rings is 1. The van der Waals surface area contributed by atoms with Crippen LogP contribution in [0.15, 0.2) is 24.3 Å². The van der Waals surface area contributed by atoms with Crippen molar-refractivity contribution in [2.24, 2.45) is 5.92 Å². The predicted molar refractivity (Wildman–Crippen MR) is 70.1 cm³/mol. The molecule has 2 nitrogen and oxygen atoms in total. The number of alkyl halides is 1. The molecule has 0 aliphatic carbocycles. The first-order valence-electron chi connectivity index (χ1n) is 6.21. The zero-order chi connectivity index (χ0) is 13.1. The highest BCUT2D eigenvalue weighted by Crippen LogP contribution is 2.25. The maximum absolute atomic E-state index is 12.8. The highest BCUT2D eigenvalue weighted by Gasteiger charge is 2.33. The number of nitrogens with zero attached hydrogens (tertiary/aromatic N) is 1. The second-order valence-corrected chi connectivity index (χ2v) is 5.19. The van der Waals surface area contributed by atoms with E-state index in [9.17, 15) is 9.18 Å². The SMILES string of the molecule is CC1CCN(C(=O)Cc2ccc(F)cc2)C1CCl. The van der Waals surface area contributed by atoms with Crippen molar-refractivity contribution in [2.75, 3.05) is 12.4 Å². The summed E-state index contributed by atoms with van der Waals surface area (Å²) in [5.74, 6) is 0.743. The van der Waals surface area contributed by atoms with E-state index >= 15 is 0 Å². The maximum Gasteiger partial charge on any atom is 0.227 e. The number of hydrogen-bond donors (Lipinski definition) is 0. The molecule has 1 saturated heterocycles. The molecular weight excluding hydrogens is 253 g/mol. The number of carbonyl (C=O) groups is 1. The van der Waals surface area contributed by atoms with Crippen molar-refractivity contribution in [2.45, 2.75) is 25.8 Å². The molecule has 2 rings (SSSR count). The third kappa shape index (κ3) is 2.83. The highest BCUT2D eigenvalue weighted by atomic mass is 35.5. The average Bonchev–Trinajstić information content (AvgIpc) is 2.73. The number of carbonyl (C=O) groups excluding carboxylic acids is 1. The van der Waals surface area contributed by atoms with Crippen LogP contribution in [-0.2, 0) is 11.2 Å². The van der Waals surface area contributed by atoms with Gasteiger partial charge < -0.3 is 4.90 Å². The molecule has 98 valence electrons. The fourth-order valence-corrected chi connectivity index (χ4v) is 2.90. The Morgan fingerprint density at radius 2 is 2.11 bits per heavy atom. The summed E-state index contributed by atoms with van der Waals surface area (Å²) in [6.07, 6.45) is 1.33. The maximum atomic E-state index is 12.8. The summed E-state index contributed by atoms with van der Waals surface area (Å²) in [5.41, 5.74) is 0.842. The van der Waals surface area contributed by atoms with Crippen LogP contribution in [0.1, 0.15) is 18.9 Å². The second kappa shape index (κ2) is 5.70.